The van der Waals surface area contributed by atoms with Crippen molar-refractivity contribution < 1.29 is 24.5 Å². The third kappa shape index (κ3) is 4.84. The van der Waals surface area contributed by atoms with Gasteiger partial charge in [-0.2, -0.15) is 0 Å². The maximum atomic E-state index is 11.9. The van der Waals surface area contributed by atoms with Gasteiger partial charge in [0.2, 0.25) is 5.91 Å². The average Bonchev–Trinajstić information content (AvgIpc) is 3.48. The van der Waals surface area contributed by atoms with Crippen molar-refractivity contribution in [3.05, 3.63) is 66.5 Å². The van der Waals surface area contributed by atoms with Crippen molar-refractivity contribution in [1.82, 2.24) is 24.8 Å². The first kappa shape index (κ1) is 24.6. The predicted molar refractivity (Wildman–Crippen MR) is 136 cm³/mol. The minimum atomic E-state index is -1.29. The van der Waals surface area contributed by atoms with Gasteiger partial charge in [0.05, 0.1) is 31.5 Å². The van der Waals surface area contributed by atoms with E-state index in [9.17, 15) is 15.0 Å². The van der Waals surface area contributed by atoms with Crippen molar-refractivity contribution in [1.29, 1.82) is 0 Å². The second-order valence-electron chi connectivity index (χ2n) is 8.68. The number of aromatic nitrogens is 4. The monoisotopic (exact) mass is 504 g/mol. The molecule has 11 heteroatoms. The van der Waals surface area contributed by atoms with E-state index in [1.165, 1.54) is 13.4 Å². The summed E-state index contributed by atoms with van der Waals surface area (Å²) in [6.45, 7) is 0.501. The third-order valence-electron chi connectivity index (χ3n) is 6.35. The number of fused-ring (bicyclic) bond motifs is 1. The summed E-state index contributed by atoms with van der Waals surface area (Å²) in [6, 6.07) is 17.3. The van der Waals surface area contributed by atoms with Crippen molar-refractivity contribution in [2.75, 3.05) is 19.5 Å². The highest BCUT2D eigenvalue weighted by Crippen LogP contribution is 2.35. The molecule has 192 valence electrons. The van der Waals surface area contributed by atoms with Crippen molar-refractivity contribution >= 4 is 22.9 Å². The molecule has 4 N–H and O–H groups in total. The van der Waals surface area contributed by atoms with Crippen LogP contribution in [0.15, 0.2) is 60.9 Å². The van der Waals surface area contributed by atoms with E-state index in [0.717, 1.165) is 5.56 Å². The lowest BCUT2D eigenvalue weighted by atomic mass is 10.1. The Balaban J connectivity index is 1.57. The number of aliphatic hydroxyl groups excluding tert-OH is 2. The molecule has 2 aromatic carbocycles. The van der Waals surface area contributed by atoms with Crippen molar-refractivity contribution in [2.24, 2.45) is 0 Å². The van der Waals surface area contributed by atoms with Gasteiger partial charge in [0.1, 0.15) is 18.0 Å². The molecule has 0 saturated carbocycles. The van der Waals surface area contributed by atoms with Crippen LogP contribution in [0.4, 0.5) is 5.82 Å². The number of hydrogen-bond donors (Lipinski definition) is 4. The number of aliphatic hydroxyl groups is 2. The van der Waals surface area contributed by atoms with Crippen molar-refractivity contribution in [2.45, 2.75) is 37.5 Å². The first-order valence-electron chi connectivity index (χ1n) is 11.9. The molecule has 37 heavy (non-hydrogen) atoms. The number of amides is 1. The van der Waals surface area contributed by atoms with Crippen LogP contribution in [-0.2, 0) is 16.1 Å². The van der Waals surface area contributed by atoms with Crippen LogP contribution >= 0.6 is 0 Å². The maximum absolute atomic E-state index is 11.9. The number of para-hydroxylation sites is 1. The fourth-order valence-electron chi connectivity index (χ4n) is 4.37. The van der Waals surface area contributed by atoms with Gasteiger partial charge in [-0.3, -0.25) is 9.36 Å². The molecule has 1 aliphatic heterocycles. The van der Waals surface area contributed by atoms with E-state index in [-0.39, 0.29) is 12.3 Å². The van der Waals surface area contributed by atoms with E-state index in [0.29, 0.717) is 40.7 Å². The molecule has 4 atom stereocenters. The standard InChI is InChI=1S/C26H28N6O5/c1-27-19(33)12-18-21(34)22(35)26(37-18)32-14-29-20-24(28-13-15-8-4-3-5-9-15)30-23(31-25(20)32)16-10-6-7-11-17(16)36-2/h3-11,14,18,21-22,26,34-35H,12-13H2,1-2H3,(H,27,33)(H,28,30,31)/t18-,21+,22+,26+/m0/s1. The summed E-state index contributed by atoms with van der Waals surface area (Å²) in [5.41, 5.74) is 2.59. The molecular weight excluding hydrogens is 476 g/mol. The number of hydrogen-bond acceptors (Lipinski definition) is 9. The summed E-state index contributed by atoms with van der Waals surface area (Å²) in [4.78, 5) is 25.9. The Morgan fingerprint density at radius 1 is 1.08 bits per heavy atom. The molecule has 0 radical (unpaired) electrons. The van der Waals surface area contributed by atoms with Crippen molar-refractivity contribution in [3.8, 4) is 17.1 Å². The maximum Gasteiger partial charge on any atom is 0.222 e. The second kappa shape index (κ2) is 10.5. The molecule has 1 amide bonds. The van der Waals surface area contributed by atoms with Crippen LogP contribution in [0.2, 0.25) is 0 Å². The summed E-state index contributed by atoms with van der Waals surface area (Å²) < 4.78 is 13.0. The van der Waals surface area contributed by atoms with Crippen LogP contribution in [0.25, 0.3) is 22.6 Å². The number of nitrogens with zero attached hydrogens (tertiary/aromatic N) is 4. The topological polar surface area (TPSA) is 144 Å². The lowest BCUT2D eigenvalue weighted by Gasteiger charge is -2.17. The van der Waals surface area contributed by atoms with E-state index < -0.39 is 24.5 Å². The highest BCUT2D eigenvalue weighted by molar-refractivity contribution is 5.86. The molecule has 0 spiro atoms. The van der Waals surface area contributed by atoms with E-state index in [1.807, 2.05) is 54.6 Å². The number of rotatable bonds is 8. The molecule has 0 bridgehead atoms. The number of carbonyl (C=O) groups is 1. The summed E-state index contributed by atoms with van der Waals surface area (Å²) in [6.07, 6.45) is -3.05. The Morgan fingerprint density at radius 2 is 1.84 bits per heavy atom. The Morgan fingerprint density at radius 3 is 2.59 bits per heavy atom. The highest BCUT2D eigenvalue weighted by atomic mass is 16.6. The van der Waals surface area contributed by atoms with Gasteiger partial charge in [-0.25, -0.2) is 15.0 Å². The zero-order chi connectivity index (χ0) is 25.9. The van der Waals surface area contributed by atoms with Gasteiger partial charge in [0, 0.05) is 13.6 Å². The molecule has 1 saturated heterocycles. The average molecular weight is 505 g/mol. The van der Waals surface area contributed by atoms with Gasteiger partial charge in [-0.05, 0) is 17.7 Å². The number of carbonyl (C=O) groups excluding carboxylic acids is 1. The minimum Gasteiger partial charge on any atom is -0.496 e. The lowest BCUT2D eigenvalue weighted by Crippen LogP contribution is -2.34. The largest absolute Gasteiger partial charge is 0.496 e. The van der Waals surface area contributed by atoms with Crippen LogP contribution in [0, 0.1) is 0 Å². The fraction of sp³-hybridized carbons (Fsp3) is 0.308. The van der Waals surface area contributed by atoms with Gasteiger partial charge in [-0.1, -0.05) is 42.5 Å². The van der Waals surface area contributed by atoms with Gasteiger partial charge in [0.25, 0.3) is 0 Å². The van der Waals surface area contributed by atoms with Gasteiger partial charge < -0.3 is 30.3 Å². The number of methoxy groups -OCH3 is 1. The number of ether oxygens (including phenoxy) is 2. The van der Waals surface area contributed by atoms with Gasteiger partial charge >= 0.3 is 0 Å². The molecule has 5 rings (SSSR count). The summed E-state index contributed by atoms with van der Waals surface area (Å²) in [5.74, 6) is 1.17. The van der Waals surface area contributed by atoms with Crippen LogP contribution in [0.1, 0.15) is 18.2 Å². The van der Waals surface area contributed by atoms with Crippen LogP contribution in [0.5, 0.6) is 5.75 Å². The Hall–Kier alpha value is -4.06. The molecule has 4 aromatic rings. The van der Waals surface area contributed by atoms with Crippen LogP contribution in [0.3, 0.4) is 0 Å². The van der Waals surface area contributed by atoms with E-state index in [2.05, 4.69) is 15.6 Å². The lowest BCUT2D eigenvalue weighted by molar-refractivity contribution is -0.125. The first-order chi connectivity index (χ1) is 18.0. The predicted octanol–water partition coefficient (Wildman–Crippen LogP) is 1.87. The summed E-state index contributed by atoms with van der Waals surface area (Å²) in [7, 11) is 3.08. The first-order valence-corrected chi connectivity index (χ1v) is 11.9. The number of nitrogens with one attached hydrogen (secondary N) is 2. The fourth-order valence-corrected chi connectivity index (χ4v) is 4.37. The Labute approximate surface area is 213 Å². The Bertz CT molecular complexity index is 1390. The number of benzene rings is 2. The molecule has 11 nitrogen and oxygen atoms in total. The summed E-state index contributed by atoms with van der Waals surface area (Å²) in [5, 5.41) is 27.2. The Kier molecular flexibility index (Phi) is 6.99. The normalized spacial score (nSPS) is 21.2. The van der Waals surface area contributed by atoms with Gasteiger partial charge in [0.15, 0.2) is 29.0 Å². The van der Waals surface area contributed by atoms with E-state index in [4.69, 9.17) is 19.4 Å². The van der Waals surface area contributed by atoms with E-state index >= 15 is 0 Å². The molecule has 3 heterocycles. The third-order valence-corrected chi connectivity index (χ3v) is 6.35. The van der Waals surface area contributed by atoms with Crippen LogP contribution in [-0.4, -0.2) is 68.1 Å². The molecular formula is C26H28N6O5. The minimum absolute atomic E-state index is 0.0941. The number of anilines is 1. The molecule has 2 aromatic heterocycles. The van der Waals surface area contributed by atoms with E-state index in [1.54, 1.807) is 11.7 Å². The highest BCUT2D eigenvalue weighted by Gasteiger charge is 2.45. The quantitative estimate of drug-likeness (QED) is 0.283. The molecule has 0 unspecified atom stereocenters. The molecule has 0 aliphatic carbocycles. The number of imidazole rings is 1. The smallest absolute Gasteiger partial charge is 0.222 e. The zero-order valence-electron chi connectivity index (χ0n) is 20.4. The molecule has 1 fully saturated rings. The summed E-state index contributed by atoms with van der Waals surface area (Å²) >= 11 is 0. The molecule has 1 aliphatic rings. The second-order valence-corrected chi connectivity index (χ2v) is 8.68. The van der Waals surface area contributed by atoms with Crippen LogP contribution < -0.4 is 15.4 Å². The SMILES string of the molecule is CNC(=O)C[C@@H]1O[C@@H](n2cnc3c(NCc4ccccc4)nc(-c4ccccc4OC)nc32)[C@H](O)[C@@H]1O. The van der Waals surface area contributed by atoms with Gasteiger partial charge in [-0.15, -0.1) is 0 Å². The zero-order valence-corrected chi connectivity index (χ0v) is 20.4. The van der Waals surface area contributed by atoms with Crippen molar-refractivity contribution in [3.63, 3.8) is 0 Å².